The number of amides is 2. The highest BCUT2D eigenvalue weighted by Gasteiger charge is 2.45. The van der Waals surface area contributed by atoms with Crippen LogP contribution in [0.5, 0.6) is 0 Å². The summed E-state index contributed by atoms with van der Waals surface area (Å²) in [6, 6.07) is 9.23. The van der Waals surface area contributed by atoms with E-state index in [4.69, 9.17) is 4.74 Å². The van der Waals surface area contributed by atoms with E-state index in [9.17, 15) is 9.59 Å². The topological polar surface area (TPSA) is 58.6 Å². The first-order valence-corrected chi connectivity index (χ1v) is 8.92. The van der Waals surface area contributed by atoms with Gasteiger partial charge in [-0.05, 0) is 30.2 Å². The third kappa shape index (κ3) is 2.81. The predicted molar refractivity (Wildman–Crippen MR) is 89.2 cm³/mol. The zero-order chi connectivity index (χ0) is 16.6. The lowest BCUT2D eigenvalue weighted by atomic mass is 9.86. The van der Waals surface area contributed by atoms with Crippen molar-refractivity contribution in [2.75, 3.05) is 19.7 Å². The van der Waals surface area contributed by atoms with Crippen molar-refractivity contribution >= 4 is 11.8 Å². The van der Waals surface area contributed by atoms with Gasteiger partial charge in [0.15, 0.2) is 6.10 Å². The molecule has 5 nitrogen and oxygen atoms in total. The Morgan fingerprint density at radius 3 is 2.67 bits per heavy atom. The van der Waals surface area contributed by atoms with Crippen molar-refractivity contribution in [1.82, 2.24) is 10.2 Å². The summed E-state index contributed by atoms with van der Waals surface area (Å²) in [5.74, 6) is -0.144. The summed E-state index contributed by atoms with van der Waals surface area (Å²) >= 11 is 0. The Morgan fingerprint density at radius 1 is 1.17 bits per heavy atom. The Bertz CT molecular complexity index is 625. The van der Waals surface area contributed by atoms with Crippen molar-refractivity contribution in [1.29, 1.82) is 0 Å². The molecule has 1 aromatic carbocycles. The molecule has 2 aliphatic heterocycles. The number of rotatable bonds is 2. The molecule has 3 aliphatic rings. The first kappa shape index (κ1) is 15.6. The van der Waals surface area contributed by atoms with Gasteiger partial charge in [-0.25, -0.2) is 0 Å². The minimum Gasteiger partial charge on any atom is -0.356 e. The zero-order valence-corrected chi connectivity index (χ0v) is 13.9. The van der Waals surface area contributed by atoms with E-state index in [1.165, 1.54) is 25.7 Å². The molecule has 3 fully saturated rings. The number of carbonyl (C=O) groups is 2. The first-order valence-electron chi connectivity index (χ1n) is 8.92. The number of ether oxygens (including phenoxy) is 1. The van der Waals surface area contributed by atoms with Crippen molar-refractivity contribution in [2.45, 2.75) is 44.2 Å². The Hall–Kier alpha value is -1.88. The molecule has 1 N–H and O–H groups in total. The van der Waals surface area contributed by atoms with Crippen molar-refractivity contribution in [2.24, 2.45) is 5.41 Å². The fraction of sp³-hybridized carbons (Fsp3) is 0.579. The van der Waals surface area contributed by atoms with Gasteiger partial charge in [0.2, 0.25) is 5.91 Å². The average Bonchev–Trinajstić information content (AvgIpc) is 3.25. The lowest BCUT2D eigenvalue weighted by molar-refractivity contribution is -0.154. The first-order chi connectivity index (χ1) is 11.7. The van der Waals surface area contributed by atoms with Crippen LogP contribution in [0, 0.1) is 5.41 Å². The number of carbonyl (C=O) groups excluding carboxylic acids is 2. The van der Waals surface area contributed by atoms with E-state index in [2.05, 4.69) is 5.32 Å². The van der Waals surface area contributed by atoms with E-state index < -0.39 is 12.1 Å². The van der Waals surface area contributed by atoms with Gasteiger partial charge in [-0.1, -0.05) is 43.2 Å². The molecule has 0 radical (unpaired) electrons. The van der Waals surface area contributed by atoms with Crippen LogP contribution in [0.1, 0.15) is 43.7 Å². The molecular weight excluding hydrogens is 304 g/mol. The Kier molecular flexibility index (Phi) is 4.04. The number of likely N-dealkylation sites (tertiary alicyclic amines) is 1. The zero-order valence-electron chi connectivity index (χ0n) is 13.9. The van der Waals surface area contributed by atoms with Crippen molar-refractivity contribution in [3.63, 3.8) is 0 Å². The Morgan fingerprint density at radius 2 is 1.92 bits per heavy atom. The van der Waals surface area contributed by atoms with Crippen LogP contribution in [-0.4, -0.2) is 42.5 Å². The third-order valence-corrected chi connectivity index (χ3v) is 5.83. The quantitative estimate of drug-likeness (QED) is 0.904. The molecule has 0 aromatic heterocycles. The summed E-state index contributed by atoms with van der Waals surface area (Å²) < 4.78 is 5.68. The number of hydrogen-bond donors (Lipinski definition) is 1. The molecule has 2 heterocycles. The van der Waals surface area contributed by atoms with E-state index in [1.54, 1.807) is 0 Å². The van der Waals surface area contributed by atoms with E-state index in [-0.39, 0.29) is 18.4 Å². The molecule has 0 bridgehead atoms. The summed E-state index contributed by atoms with van der Waals surface area (Å²) in [6.45, 7) is 1.62. The molecule has 2 atom stereocenters. The van der Waals surface area contributed by atoms with Gasteiger partial charge in [0.25, 0.3) is 5.91 Å². The van der Waals surface area contributed by atoms with E-state index in [0.29, 0.717) is 5.41 Å². The highest BCUT2D eigenvalue weighted by Crippen LogP contribution is 2.45. The lowest BCUT2D eigenvalue weighted by Crippen LogP contribution is -2.53. The largest absolute Gasteiger partial charge is 0.356 e. The van der Waals surface area contributed by atoms with Gasteiger partial charge >= 0.3 is 0 Å². The molecular formula is C19H24N2O3. The SMILES string of the molecule is O=C1CO[C@H](C(=O)N2CCC3(CCCC3)C2)[C@@H](c2ccccc2)N1. The molecule has 2 amide bonds. The minimum atomic E-state index is -0.623. The molecule has 24 heavy (non-hydrogen) atoms. The van der Waals surface area contributed by atoms with E-state index in [1.807, 2.05) is 35.2 Å². The fourth-order valence-electron chi connectivity index (χ4n) is 4.52. The van der Waals surface area contributed by atoms with E-state index in [0.717, 1.165) is 25.1 Å². The summed E-state index contributed by atoms with van der Waals surface area (Å²) in [7, 11) is 0. The smallest absolute Gasteiger partial charge is 0.254 e. The van der Waals surface area contributed by atoms with Gasteiger partial charge in [-0.15, -0.1) is 0 Å². The van der Waals surface area contributed by atoms with Crippen LogP contribution >= 0.6 is 0 Å². The van der Waals surface area contributed by atoms with Crippen molar-refractivity contribution < 1.29 is 14.3 Å². The molecule has 1 spiro atoms. The third-order valence-electron chi connectivity index (χ3n) is 5.83. The van der Waals surface area contributed by atoms with Crippen LogP contribution in [0.25, 0.3) is 0 Å². The van der Waals surface area contributed by atoms with Gasteiger partial charge < -0.3 is 15.0 Å². The molecule has 5 heteroatoms. The molecule has 1 saturated carbocycles. The maximum Gasteiger partial charge on any atom is 0.254 e. The van der Waals surface area contributed by atoms with E-state index >= 15 is 0 Å². The Labute approximate surface area is 142 Å². The van der Waals surface area contributed by atoms with Gasteiger partial charge in [0.1, 0.15) is 6.61 Å². The van der Waals surface area contributed by atoms with Crippen LogP contribution in [0.4, 0.5) is 0 Å². The second-order valence-electron chi connectivity index (χ2n) is 7.40. The second-order valence-corrected chi connectivity index (χ2v) is 7.40. The van der Waals surface area contributed by atoms with Crippen LogP contribution in [0.15, 0.2) is 30.3 Å². The normalized spacial score (nSPS) is 29.0. The predicted octanol–water partition coefficient (Wildman–Crippen LogP) is 2.04. The van der Waals surface area contributed by atoms with Crippen LogP contribution in [0.2, 0.25) is 0 Å². The van der Waals surface area contributed by atoms with Crippen molar-refractivity contribution in [3.05, 3.63) is 35.9 Å². The number of nitrogens with one attached hydrogen (secondary N) is 1. The maximum absolute atomic E-state index is 13.1. The maximum atomic E-state index is 13.1. The standard InChI is InChI=1S/C19H24N2O3/c22-15-12-24-17(16(20-15)14-6-2-1-3-7-14)18(23)21-11-10-19(13-21)8-4-5-9-19/h1-3,6-7,16-17H,4-5,8-13H2,(H,20,22)/t16-,17+/m1/s1. The van der Waals surface area contributed by atoms with Crippen LogP contribution in [0.3, 0.4) is 0 Å². The number of hydrogen-bond acceptors (Lipinski definition) is 3. The highest BCUT2D eigenvalue weighted by molar-refractivity contribution is 5.86. The molecule has 4 rings (SSSR count). The summed E-state index contributed by atoms with van der Waals surface area (Å²) in [4.78, 5) is 26.8. The van der Waals surface area contributed by atoms with Crippen molar-refractivity contribution in [3.8, 4) is 0 Å². The van der Waals surface area contributed by atoms with Gasteiger partial charge in [0, 0.05) is 13.1 Å². The number of benzene rings is 1. The van der Waals surface area contributed by atoms with Gasteiger partial charge in [-0.2, -0.15) is 0 Å². The molecule has 1 aliphatic carbocycles. The van der Waals surface area contributed by atoms with Gasteiger partial charge in [-0.3, -0.25) is 9.59 Å². The molecule has 128 valence electrons. The lowest BCUT2D eigenvalue weighted by Gasteiger charge is -2.34. The monoisotopic (exact) mass is 328 g/mol. The van der Waals surface area contributed by atoms with Crippen LogP contribution in [-0.2, 0) is 14.3 Å². The van der Waals surface area contributed by atoms with Gasteiger partial charge in [0.05, 0.1) is 6.04 Å². The summed E-state index contributed by atoms with van der Waals surface area (Å²) in [5.41, 5.74) is 1.26. The molecule has 2 saturated heterocycles. The average molecular weight is 328 g/mol. The number of morpholine rings is 1. The fourth-order valence-corrected chi connectivity index (χ4v) is 4.52. The second kappa shape index (κ2) is 6.20. The summed E-state index contributed by atoms with van der Waals surface area (Å²) in [5, 5.41) is 2.94. The molecule has 0 unspecified atom stereocenters. The Balaban J connectivity index is 1.52. The van der Waals surface area contributed by atoms with Crippen LogP contribution < -0.4 is 5.32 Å². The molecule has 1 aromatic rings. The number of nitrogens with zero attached hydrogens (tertiary/aromatic N) is 1. The summed E-state index contributed by atoms with van der Waals surface area (Å²) in [6.07, 6.45) is 5.52. The highest BCUT2D eigenvalue weighted by atomic mass is 16.5. The minimum absolute atomic E-state index is 0.0210.